The molecule has 9 heteroatoms. The Kier molecular flexibility index (Phi) is 8.47. The first-order valence-corrected chi connectivity index (χ1v) is 23.0. The quantitative estimate of drug-likeness (QED) is 0.153. The average Bonchev–Trinajstić information content (AvgIpc) is 4.11. The molecular weight excluding hydrogens is 884 g/mol. The normalized spacial score (nSPS) is 12.4. The maximum Gasteiger partial charge on any atom is 0.418 e. The summed E-state index contributed by atoms with van der Waals surface area (Å²) in [7, 11) is 0. The molecule has 0 atom stereocenters. The van der Waals surface area contributed by atoms with Gasteiger partial charge in [-0.3, -0.25) is 0 Å². The molecule has 334 valence electrons. The molecule has 4 nitrogen and oxygen atoms in total. The summed E-state index contributed by atoms with van der Waals surface area (Å²) in [6.45, 7) is 0. The lowest BCUT2D eigenvalue weighted by atomic mass is 9.97. The van der Waals surface area contributed by atoms with E-state index in [1.54, 1.807) is 21.3 Å². The number of rotatable bonds is 5. The van der Waals surface area contributed by atoms with Crippen molar-refractivity contribution < 1.29 is 22.0 Å². The van der Waals surface area contributed by atoms with Crippen molar-refractivity contribution >= 4 is 87.2 Å². The topological polar surface area (TPSA) is 19.7 Å². The molecule has 0 aliphatic carbocycles. The van der Waals surface area contributed by atoms with E-state index in [0.717, 1.165) is 89.3 Å². The van der Waals surface area contributed by atoms with Crippen LogP contribution in [0.5, 0.6) is 0 Å². The fourth-order valence-corrected chi connectivity index (χ4v) is 11.2. The van der Waals surface area contributed by atoms with Gasteiger partial charge in [-0.05, 0) is 97.1 Å². The standard InChI is InChI=1S/C61H35F5N4/c62-48-20-13-21-49(63)60(48)46-34-59(70-55-27-12-6-19-43(55)45-33-37(29-31-57(45)70)68-52-24-9-3-16-40(52)41-17-4-10-25-53(41)68)47(61(64,65)66)35-58(46)69-54-26-11-5-18-42(54)44-32-36(28-30-56(44)69)67-50-22-7-1-14-38(50)39-15-2-8-23-51(39)67/h1-35H. The smallest absolute Gasteiger partial charge is 0.309 e. The molecule has 0 spiro atoms. The number of alkyl halides is 3. The summed E-state index contributed by atoms with van der Waals surface area (Å²) in [6.07, 6.45) is -4.92. The highest BCUT2D eigenvalue weighted by molar-refractivity contribution is 6.14. The third-order valence-electron chi connectivity index (χ3n) is 14.1. The van der Waals surface area contributed by atoms with Gasteiger partial charge in [0.15, 0.2) is 0 Å². The summed E-state index contributed by atoms with van der Waals surface area (Å²) < 4.78 is 89.3. The van der Waals surface area contributed by atoms with E-state index >= 15 is 22.0 Å². The molecule has 0 unspecified atom stereocenters. The molecule has 0 radical (unpaired) electrons. The Balaban J connectivity index is 1.05. The Labute approximate surface area is 395 Å². The third-order valence-corrected chi connectivity index (χ3v) is 14.1. The molecule has 0 fully saturated rings. The van der Waals surface area contributed by atoms with E-state index in [2.05, 4.69) is 57.7 Å². The number of aromatic nitrogens is 4. The molecule has 14 aromatic rings. The maximum atomic E-state index is 16.5. The van der Waals surface area contributed by atoms with Crippen molar-refractivity contribution in [2.75, 3.05) is 0 Å². The average molecular weight is 919 g/mol. The van der Waals surface area contributed by atoms with Gasteiger partial charge in [-0.1, -0.05) is 115 Å². The van der Waals surface area contributed by atoms with Crippen LogP contribution < -0.4 is 0 Å². The Morgan fingerprint density at radius 3 is 1.00 bits per heavy atom. The second-order valence-corrected chi connectivity index (χ2v) is 17.8. The van der Waals surface area contributed by atoms with Gasteiger partial charge in [0.2, 0.25) is 0 Å². The van der Waals surface area contributed by atoms with E-state index in [4.69, 9.17) is 0 Å². The zero-order chi connectivity index (χ0) is 47.0. The van der Waals surface area contributed by atoms with Crippen molar-refractivity contribution in [3.63, 3.8) is 0 Å². The fourth-order valence-electron chi connectivity index (χ4n) is 11.2. The number of halogens is 5. The van der Waals surface area contributed by atoms with E-state index in [9.17, 15) is 0 Å². The summed E-state index contributed by atoms with van der Waals surface area (Å²) in [6, 6.07) is 65.0. The summed E-state index contributed by atoms with van der Waals surface area (Å²) in [5, 5.41) is 7.29. The van der Waals surface area contributed by atoms with Crippen molar-refractivity contribution in [3.8, 4) is 33.9 Å². The van der Waals surface area contributed by atoms with E-state index in [1.165, 1.54) is 12.1 Å². The number of hydrogen-bond donors (Lipinski definition) is 0. The minimum absolute atomic E-state index is 0.0229. The molecule has 0 N–H and O–H groups in total. The summed E-state index contributed by atoms with van der Waals surface area (Å²) in [5.41, 5.74) is 6.09. The van der Waals surface area contributed by atoms with Crippen LogP contribution in [-0.2, 0) is 6.18 Å². The molecule has 70 heavy (non-hydrogen) atoms. The van der Waals surface area contributed by atoms with Crippen LogP contribution in [0.25, 0.3) is 121 Å². The molecule has 0 amide bonds. The van der Waals surface area contributed by atoms with Crippen LogP contribution >= 0.6 is 0 Å². The minimum Gasteiger partial charge on any atom is -0.309 e. The number of para-hydroxylation sites is 6. The largest absolute Gasteiger partial charge is 0.418 e. The Morgan fingerprint density at radius 1 is 0.286 bits per heavy atom. The Bertz CT molecular complexity index is 4380. The van der Waals surface area contributed by atoms with E-state index in [0.29, 0.717) is 27.5 Å². The first-order chi connectivity index (χ1) is 34.2. The van der Waals surface area contributed by atoms with Crippen LogP contribution in [0.15, 0.2) is 212 Å². The summed E-state index contributed by atoms with van der Waals surface area (Å²) in [4.78, 5) is 0. The highest BCUT2D eigenvalue weighted by atomic mass is 19.4. The number of nitrogens with zero attached hydrogens (tertiary/aromatic N) is 4. The van der Waals surface area contributed by atoms with Crippen LogP contribution in [0.2, 0.25) is 0 Å². The molecule has 0 aliphatic heterocycles. The lowest BCUT2D eigenvalue weighted by Crippen LogP contribution is -2.13. The van der Waals surface area contributed by atoms with Gasteiger partial charge in [0.1, 0.15) is 11.6 Å². The number of benzene rings is 10. The molecular formula is C61H35F5N4. The van der Waals surface area contributed by atoms with E-state index in [1.807, 2.05) is 121 Å². The Morgan fingerprint density at radius 2 is 0.614 bits per heavy atom. The molecule has 14 rings (SSSR count). The van der Waals surface area contributed by atoms with Gasteiger partial charge < -0.3 is 18.3 Å². The van der Waals surface area contributed by atoms with Gasteiger partial charge in [0.25, 0.3) is 0 Å². The van der Waals surface area contributed by atoms with Crippen molar-refractivity contribution in [1.82, 2.24) is 18.3 Å². The zero-order valence-electron chi connectivity index (χ0n) is 36.9. The van der Waals surface area contributed by atoms with Gasteiger partial charge in [0.05, 0.1) is 66.6 Å². The second-order valence-electron chi connectivity index (χ2n) is 17.8. The first kappa shape index (κ1) is 40.1. The molecule has 0 saturated carbocycles. The van der Waals surface area contributed by atoms with Crippen molar-refractivity contribution in [1.29, 1.82) is 0 Å². The molecule has 0 saturated heterocycles. The van der Waals surface area contributed by atoms with Crippen molar-refractivity contribution in [2.45, 2.75) is 6.18 Å². The lowest BCUT2D eigenvalue weighted by Gasteiger charge is -2.22. The SMILES string of the molecule is Fc1cccc(F)c1-c1cc(-n2c3ccccc3c3cc(-n4c5ccccc5c5ccccc54)ccc32)c(C(F)(F)F)cc1-n1c2ccccc2c2cc(-n3c4ccccc4c4ccccc43)ccc21. The zero-order valence-corrected chi connectivity index (χ0v) is 36.9. The minimum atomic E-state index is -4.92. The van der Waals surface area contributed by atoms with Crippen LogP contribution in [-0.4, -0.2) is 18.3 Å². The van der Waals surface area contributed by atoms with Gasteiger partial charge in [0, 0.05) is 60.0 Å². The molecule has 4 heterocycles. The third kappa shape index (κ3) is 5.69. The van der Waals surface area contributed by atoms with Crippen LogP contribution in [0, 0.1) is 11.6 Å². The predicted molar refractivity (Wildman–Crippen MR) is 274 cm³/mol. The van der Waals surface area contributed by atoms with E-state index in [-0.39, 0.29) is 16.9 Å². The van der Waals surface area contributed by atoms with Gasteiger partial charge in [-0.15, -0.1) is 0 Å². The van der Waals surface area contributed by atoms with Crippen molar-refractivity contribution in [3.05, 3.63) is 230 Å². The lowest BCUT2D eigenvalue weighted by molar-refractivity contribution is -0.137. The molecule has 10 aromatic carbocycles. The number of hydrogen-bond acceptors (Lipinski definition) is 0. The Hall–Kier alpha value is -8.95. The predicted octanol–water partition coefficient (Wildman–Crippen LogP) is 17.0. The van der Waals surface area contributed by atoms with Crippen molar-refractivity contribution in [2.24, 2.45) is 0 Å². The molecule has 4 aromatic heterocycles. The fraction of sp³-hybridized carbons (Fsp3) is 0.0164. The maximum absolute atomic E-state index is 16.5. The highest BCUT2D eigenvalue weighted by Crippen LogP contribution is 2.47. The van der Waals surface area contributed by atoms with Crippen LogP contribution in [0.3, 0.4) is 0 Å². The monoisotopic (exact) mass is 918 g/mol. The number of fused-ring (bicyclic) bond motifs is 12. The first-order valence-electron chi connectivity index (χ1n) is 23.0. The highest BCUT2D eigenvalue weighted by Gasteiger charge is 2.37. The van der Waals surface area contributed by atoms with Crippen LogP contribution in [0.4, 0.5) is 22.0 Å². The molecule has 0 aliphatic rings. The second kappa shape index (κ2) is 14.8. The molecule has 0 bridgehead atoms. The van der Waals surface area contributed by atoms with Crippen LogP contribution in [0.1, 0.15) is 5.56 Å². The van der Waals surface area contributed by atoms with Gasteiger partial charge in [-0.2, -0.15) is 13.2 Å². The van der Waals surface area contributed by atoms with E-state index < -0.39 is 28.9 Å². The van der Waals surface area contributed by atoms with Gasteiger partial charge in [-0.25, -0.2) is 8.78 Å². The van der Waals surface area contributed by atoms with Gasteiger partial charge >= 0.3 is 6.18 Å². The summed E-state index contributed by atoms with van der Waals surface area (Å²) in [5.74, 6) is -1.81. The summed E-state index contributed by atoms with van der Waals surface area (Å²) >= 11 is 0.